The minimum absolute atomic E-state index is 0.0127. The molecule has 20 heavy (non-hydrogen) atoms. The van der Waals surface area contributed by atoms with E-state index in [0.717, 1.165) is 27.1 Å². The quantitative estimate of drug-likeness (QED) is 0.782. The third-order valence-corrected chi connectivity index (χ3v) is 4.17. The molecule has 0 N–H and O–H groups in total. The van der Waals surface area contributed by atoms with E-state index < -0.39 is 0 Å². The second kappa shape index (κ2) is 5.46. The van der Waals surface area contributed by atoms with E-state index in [-0.39, 0.29) is 12.2 Å². The minimum atomic E-state index is 0.0127. The van der Waals surface area contributed by atoms with Gasteiger partial charge in [0.15, 0.2) is 0 Å². The molecule has 0 amide bonds. The van der Waals surface area contributed by atoms with Crippen LogP contribution in [-0.2, 0) is 4.74 Å². The highest BCUT2D eigenvalue weighted by molar-refractivity contribution is 9.10. The van der Waals surface area contributed by atoms with E-state index in [1.807, 2.05) is 36.4 Å². The molecule has 1 aliphatic rings. The van der Waals surface area contributed by atoms with Gasteiger partial charge in [-0.3, -0.25) is 0 Å². The number of epoxide rings is 1. The third-order valence-electron chi connectivity index (χ3n) is 3.45. The van der Waals surface area contributed by atoms with Gasteiger partial charge in [0, 0.05) is 10.0 Å². The van der Waals surface area contributed by atoms with Gasteiger partial charge in [0.2, 0.25) is 0 Å². The van der Waals surface area contributed by atoms with E-state index in [9.17, 15) is 0 Å². The Balaban J connectivity index is 1.91. The van der Waals surface area contributed by atoms with Gasteiger partial charge >= 0.3 is 0 Å². The summed E-state index contributed by atoms with van der Waals surface area (Å²) in [5.41, 5.74) is 2.18. The Morgan fingerprint density at radius 1 is 0.950 bits per heavy atom. The molecule has 0 bridgehead atoms. The van der Waals surface area contributed by atoms with Crippen LogP contribution in [0.4, 0.5) is 0 Å². The lowest BCUT2D eigenvalue weighted by atomic mass is 10.0. The molecule has 0 aromatic heterocycles. The average Bonchev–Trinajstić information content (AvgIpc) is 3.27. The Morgan fingerprint density at radius 2 is 1.70 bits per heavy atom. The SMILES string of the molecule is COc1ccc(OC)c([C@@H]2O[C@H]2c2ccccc2Br)c1. The molecule has 0 radical (unpaired) electrons. The first-order chi connectivity index (χ1) is 9.74. The first-order valence-electron chi connectivity index (χ1n) is 6.36. The molecule has 0 saturated carbocycles. The van der Waals surface area contributed by atoms with Gasteiger partial charge in [-0.2, -0.15) is 0 Å². The zero-order chi connectivity index (χ0) is 14.1. The van der Waals surface area contributed by atoms with E-state index in [2.05, 4.69) is 22.0 Å². The maximum absolute atomic E-state index is 5.85. The van der Waals surface area contributed by atoms with Crippen LogP contribution in [0, 0.1) is 0 Å². The Labute approximate surface area is 126 Å². The molecule has 1 fully saturated rings. The summed E-state index contributed by atoms with van der Waals surface area (Å²) in [6, 6.07) is 13.9. The van der Waals surface area contributed by atoms with Gasteiger partial charge in [-0.25, -0.2) is 0 Å². The fraction of sp³-hybridized carbons (Fsp3) is 0.250. The molecule has 2 aromatic carbocycles. The summed E-state index contributed by atoms with van der Waals surface area (Å²) in [5, 5.41) is 0. The predicted molar refractivity (Wildman–Crippen MR) is 80.3 cm³/mol. The van der Waals surface area contributed by atoms with Gasteiger partial charge in [0.25, 0.3) is 0 Å². The van der Waals surface area contributed by atoms with Crippen molar-refractivity contribution in [3.8, 4) is 11.5 Å². The van der Waals surface area contributed by atoms with E-state index in [1.54, 1.807) is 14.2 Å². The number of benzene rings is 2. The lowest BCUT2D eigenvalue weighted by Crippen LogP contribution is -1.93. The van der Waals surface area contributed by atoms with Crippen molar-refractivity contribution in [2.75, 3.05) is 14.2 Å². The number of hydrogen-bond acceptors (Lipinski definition) is 3. The van der Waals surface area contributed by atoms with Crippen molar-refractivity contribution in [3.63, 3.8) is 0 Å². The van der Waals surface area contributed by atoms with Gasteiger partial charge in [-0.15, -0.1) is 0 Å². The highest BCUT2D eigenvalue weighted by Crippen LogP contribution is 2.55. The molecule has 1 saturated heterocycles. The molecule has 0 aliphatic carbocycles. The number of methoxy groups -OCH3 is 2. The van der Waals surface area contributed by atoms with Crippen LogP contribution in [0.3, 0.4) is 0 Å². The lowest BCUT2D eigenvalue weighted by molar-refractivity contribution is 0.361. The largest absolute Gasteiger partial charge is 0.497 e. The first kappa shape index (κ1) is 13.5. The van der Waals surface area contributed by atoms with E-state index in [4.69, 9.17) is 14.2 Å². The van der Waals surface area contributed by atoms with Crippen molar-refractivity contribution in [1.82, 2.24) is 0 Å². The Morgan fingerprint density at radius 3 is 2.40 bits per heavy atom. The van der Waals surface area contributed by atoms with Gasteiger partial charge in [0.05, 0.1) is 14.2 Å². The zero-order valence-electron chi connectivity index (χ0n) is 11.3. The van der Waals surface area contributed by atoms with Crippen LogP contribution in [-0.4, -0.2) is 14.2 Å². The Bertz CT molecular complexity index is 627. The molecule has 104 valence electrons. The van der Waals surface area contributed by atoms with Crippen molar-refractivity contribution < 1.29 is 14.2 Å². The van der Waals surface area contributed by atoms with Crippen LogP contribution in [0.15, 0.2) is 46.9 Å². The fourth-order valence-corrected chi connectivity index (χ4v) is 2.86. The fourth-order valence-electron chi connectivity index (χ4n) is 2.35. The zero-order valence-corrected chi connectivity index (χ0v) is 12.9. The van der Waals surface area contributed by atoms with E-state index in [0.29, 0.717) is 0 Å². The summed E-state index contributed by atoms with van der Waals surface area (Å²) >= 11 is 3.56. The van der Waals surface area contributed by atoms with Crippen LogP contribution in [0.25, 0.3) is 0 Å². The molecule has 2 aromatic rings. The van der Waals surface area contributed by atoms with Gasteiger partial charge < -0.3 is 14.2 Å². The van der Waals surface area contributed by atoms with Crippen LogP contribution >= 0.6 is 15.9 Å². The van der Waals surface area contributed by atoms with E-state index >= 15 is 0 Å². The van der Waals surface area contributed by atoms with Gasteiger partial charge in [0.1, 0.15) is 23.7 Å². The molecule has 2 atom stereocenters. The van der Waals surface area contributed by atoms with Crippen molar-refractivity contribution in [2.45, 2.75) is 12.2 Å². The number of halogens is 1. The van der Waals surface area contributed by atoms with Gasteiger partial charge in [-0.1, -0.05) is 34.1 Å². The molecule has 1 aliphatic heterocycles. The molecule has 4 heteroatoms. The number of ether oxygens (including phenoxy) is 3. The van der Waals surface area contributed by atoms with Crippen molar-refractivity contribution >= 4 is 15.9 Å². The van der Waals surface area contributed by atoms with Gasteiger partial charge in [-0.05, 0) is 29.8 Å². The number of rotatable bonds is 4. The summed E-state index contributed by atoms with van der Waals surface area (Å²) in [6.45, 7) is 0. The normalized spacial score (nSPS) is 20.6. The van der Waals surface area contributed by atoms with Crippen molar-refractivity contribution in [3.05, 3.63) is 58.1 Å². The molecular formula is C16H15BrO3. The molecule has 3 rings (SSSR count). The monoisotopic (exact) mass is 334 g/mol. The highest BCUT2D eigenvalue weighted by atomic mass is 79.9. The van der Waals surface area contributed by atoms with Crippen LogP contribution in [0.2, 0.25) is 0 Å². The predicted octanol–water partition coefficient (Wildman–Crippen LogP) is 4.28. The molecule has 3 nitrogen and oxygen atoms in total. The summed E-state index contributed by atoms with van der Waals surface area (Å²) < 4.78 is 17.6. The maximum atomic E-state index is 5.85. The number of hydrogen-bond donors (Lipinski definition) is 0. The highest BCUT2D eigenvalue weighted by Gasteiger charge is 2.44. The minimum Gasteiger partial charge on any atom is -0.497 e. The summed E-state index contributed by atoms with van der Waals surface area (Å²) in [4.78, 5) is 0. The van der Waals surface area contributed by atoms with Crippen LogP contribution in [0.1, 0.15) is 23.3 Å². The van der Waals surface area contributed by atoms with Crippen LogP contribution < -0.4 is 9.47 Å². The molecule has 0 unspecified atom stereocenters. The maximum Gasteiger partial charge on any atom is 0.125 e. The average molecular weight is 335 g/mol. The Hall–Kier alpha value is -1.52. The molecule has 1 heterocycles. The first-order valence-corrected chi connectivity index (χ1v) is 7.15. The standard InChI is InChI=1S/C16H15BrO3/c1-18-10-7-8-14(19-2)12(9-10)16-15(20-16)11-5-3-4-6-13(11)17/h3-9,15-16H,1-2H3/t15-,16-/m0/s1. The lowest BCUT2D eigenvalue weighted by Gasteiger charge is -2.08. The summed E-state index contributed by atoms with van der Waals surface area (Å²) in [5.74, 6) is 1.63. The van der Waals surface area contributed by atoms with Crippen molar-refractivity contribution in [2.24, 2.45) is 0 Å². The van der Waals surface area contributed by atoms with Crippen molar-refractivity contribution in [1.29, 1.82) is 0 Å². The molecule has 0 spiro atoms. The second-order valence-electron chi connectivity index (χ2n) is 4.61. The second-order valence-corrected chi connectivity index (χ2v) is 5.46. The Kier molecular flexibility index (Phi) is 3.68. The summed E-state index contributed by atoms with van der Waals surface area (Å²) in [6.07, 6.45) is 0.0744. The topological polar surface area (TPSA) is 31.0 Å². The van der Waals surface area contributed by atoms with Crippen LogP contribution in [0.5, 0.6) is 11.5 Å². The molecular weight excluding hydrogens is 320 g/mol. The smallest absolute Gasteiger partial charge is 0.125 e. The summed E-state index contributed by atoms with van der Waals surface area (Å²) in [7, 11) is 3.33. The van der Waals surface area contributed by atoms with E-state index in [1.165, 1.54) is 0 Å². The third kappa shape index (κ3) is 2.41.